The van der Waals surface area contributed by atoms with Crippen LogP contribution < -0.4 is 15.4 Å². The van der Waals surface area contributed by atoms with E-state index in [9.17, 15) is 4.79 Å². The van der Waals surface area contributed by atoms with Gasteiger partial charge in [0.1, 0.15) is 5.75 Å². The van der Waals surface area contributed by atoms with Gasteiger partial charge in [0.25, 0.3) is 0 Å². The molecule has 2 atom stereocenters. The number of rotatable bonds is 9. The molecular formula is C23H34N2O2S2. The fraction of sp³-hybridized carbons (Fsp3) is 0.652. The Balaban J connectivity index is 1.55. The number of carbonyl (C=O) groups is 1. The van der Waals surface area contributed by atoms with Gasteiger partial charge in [-0.05, 0) is 48.6 Å². The van der Waals surface area contributed by atoms with Crippen molar-refractivity contribution >= 4 is 34.9 Å². The summed E-state index contributed by atoms with van der Waals surface area (Å²) in [5.74, 6) is 3.98. The standard InChI is InChI=1S/C23H34N2O2S2/c1-27-20-10-7-18(8-11-20)15-24-23(28)21(12-9-17-5-3-2-4-6-17)25-22(26)19-13-14-29-16-19/h7-8,10-11,17,19,21H,2-6,9,12-16H2,1H3,(H,24,28)(H,25,26)/t19-,21+/m0/s1. The van der Waals surface area contributed by atoms with Crippen LogP contribution in [0.15, 0.2) is 24.3 Å². The first-order valence-electron chi connectivity index (χ1n) is 10.9. The molecule has 0 bridgehead atoms. The second-order valence-electron chi connectivity index (χ2n) is 8.27. The van der Waals surface area contributed by atoms with E-state index in [1.165, 1.54) is 32.1 Å². The van der Waals surface area contributed by atoms with E-state index in [4.69, 9.17) is 17.0 Å². The maximum absolute atomic E-state index is 12.7. The van der Waals surface area contributed by atoms with Crippen LogP contribution in [0.3, 0.4) is 0 Å². The minimum Gasteiger partial charge on any atom is -0.497 e. The Morgan fingerprint density at radius 2 is 1.97 bits per heavy atom. The van der Waals surface area contributed by atoms with Crippen LogP contribution in [0.25, 0.3) is 0 Å². The van der Waals surface area contributed by atoms with Crippen LogP contribution in [0, 0.1) is 11.8 Å². The molecule has 4 nitrogen and oxygen atoms in total. The van der Waals surface area contributed by atoms with E-state index < -0.39 is 0 Å². The van der Waals surface area contributed by atoms with Gasteiger partial charge in [0, 0.05) is 18.2 Å². The van der Waals surface area contributed by atoms with Crippen molar-refractivity contribution in [3.8, 4) is 5.75 Å². The number of hydrogen-bond donors (Lipinski definition) is 2. The number of benzene rings is 1. The third-order valence-electron chi connectivity index (χ3n) is 6.15. The summed E-state index contributed by atoms with van der Waals surface area (Å²) in [4.78, 5) is 13.5. The van der Waals surface area contributed by atoms with E-state index in [1.807, 2.05) is 36.0 Å². The number of ether oxygens (including phenoxy) is 1. The van der Waals surface area contributed by atoms with Crippen LogP contribution in [-0.2, 0) is 11.3 Å². The van der Waals surface area contributed by atoms with Crippen molar-refractivity contribution in [1.82, 2.24) is 10.6 Å². The molecule has 6 heteroatoms. The lowest BCUT2D eigenvalue weighted by Crippen LogP contribution is -2.47. The SMILES string of the molecule is COc1ccc(CNC(=S)[C@@H](CCC2CCCCC2)NC(=O)[C@H]2CCSC2)cc1. The zero-order chi connectivity index (χ0) is 20.5. The molecule has 0 aromatic heterocycles. The van der Waals surface area contributed by atoms with Crippen molar-refractivity contribution in [3.05, 3.63) is 29.8 Å². The highest BCUT2D eigenvalue weighted by atomic mass is 32.2. The first-order chi connectivity index (χ1) is 14.2. The van der Waals surface area contributed by atoms with Crippen LogP contribution in [-0.4, -0.2) is 35.6 Å². The van der Waals surface area contributed by atoms with Crippen LogP contribution in [0.4, 0.5) is 0 Å². The van der Waals surface area contributed by atoms with Crippen molar-refractivity contribution in [2.45, 2.75) is 64.0 Å². The molecule has 3 rings (SSSR count). The zero-order valence-corrected chi connectivity index (χ0v) is 19.1. The third-order valence-corrected chi connectivity index (χ3v) is 7.74. The summed E-state index contributed by atoms with van der Waals surface area (Å²) in [5, 5.41) is 6.67. The number of thioether (sulfide) groups is 1. The summed E-state index contributed by atoms with van der Waals surface area (Å²) in [6.07, 6.45) is 9.79. The molecule has 1 aliphatic heterocycles. The average molecular weight is 435 g/mol. The Hall–Kier alpha value is -1.27. The predicted octanol–water partition coefficient (Wildman–Crippen LogP) is 4.71. The first kappa shape index (κ1) is 22.4. The Morgan fingerprint density at radius 3 is 2.62 bits per heavy atom. The molecule has 0 radical (unpaired) electrons. The third kappa shape index (κ3) is 7.18. The highest BCUT2D eigenvalue weighted by Gasteiger charge is 2.27. The maximum atomic E-state index is 12.7. The largest absolute Gasteiger partial charge is 0.497 e. The molecule has 1 saturated heterocycles. The summed E-state index contributed by atoms with van der Waals surface area (Å²) in [5.41, 5.74) is 1.15. The molecule has 1 aromatic carbocycles. The minimum atomic E-state index is -0.0664. The average Bonchev–Trinajstić information content (AvgIpc) is 3.31. The maximum Gasteiger partial charge on any atom is 0.224 e. The van der Waals surface area contributed by atoms with E-state index in [0.717, 1.165) is 53.0 Å². The fourth-order valence-electron chi connectivity index (χ4n) is 4.23. The van der Waals surface area contributed by atoms with Crippen LogP contribution in [0.5, 0.6) is 5.75 Å². The van der Waals surface area contributed by atoms with Gasteiger partial charge in [0.15, 0.2) is 0 Å². The number of amides is 1. The van der Waals surface area contributed by atoms with Gasteiger partial charge >= 0.3 is 0 Å². The molecule has 0 spiro atoms. The fourth-order valence-corrected chi connectivity index (χ4v) is 5.70. The highest BCUT2D eigenvalue weighted by molar-refractivity contribution is 7.99. The zero-order valence-electron chi connectivity index (χ0n) is 17.5. The van der Waals surface area contributed by atoms with E-state index >= 15 is 0 Å². The predicted molar refractivity (Wildman–Crippen MR) is 126 cm³/mol. The molecule has 1 amide bonds. The normalized spacial score (nSPS) is 20.8. The van der Waals surface area contributed by atoms with Gasteiger partial charge in [-0.1, -0.05) is 56.5 Å². The molecular weight excluding hydrogens is 400 g/mol. The number of thiocarbonyl (C=S) groups is 1. The van der Waals surface area contributed by atoms with Crippen molar-refractivity contribution in [2.75, 3.05) is 18.6 Å². The van der Waals surface area contributed by atoms with Gasteiger partial charge in [0.2, 0.25) is 5.91 Å². The highest BCUT2D eigenvalue weighted by Crippen LogP contribution is 2.28. The molecule has 1 saturated carbocycles. The van der Waals surface area contributed by atoms with E-state index in [1.54, 1.807) is 7.11 Å². The lowest BCUT2D eigenvalue weighted by atomic mass is 9.85. The van der Waals surface area contributed by atoms with E-state index in [-0.39, 0.29) is 17.9 Å². The van der Waals surface area contributed by atoms with Crippen LogP contribution in [0.1, 0.15) is 56.9 Å². The van der Waals surface area contributed by atoms with Crippen LogP contribution in [0.2, 0.25) is 0 Å². The van der Waals surface area contributed by atoms with Gasteiger partial charge < -0.3 is 15.4 Å². The monoisotopic (exact) mass is 434 g/mol. The second kappa shape index (κ2) is 11.8. The van der Waals surface area contributed by atoms with Gasteiger partial charge in [-0.3, -0.25) is 4.79 Å². The molecule has 0 unspecified atom stereocenters. The summed E-state index contributed by atoms with van der Waals surface area (Å²) in [6.45, 7) is 0.665. The topological polar surface area (TPSA) is 50.4 Å². The second-order valence-corrected chi connectivity index (χ2v) is 9.86. The first-order valence-corrected chi connectivity index (χ1v) is 12.5. The van der Waals surface area contributed by atoms with Crippen molar-refractivity contribution < 1.29 is 9.53 Å². The molecule has 2 fully saturated rings. The molecule has 1 heterocycles. The summed E-state index contributed by atoms with van der Waals surface area (Å²) in [6, 6.07) is 7.93. The molecule has 160 valence electrons. The summed E-state index contributed by atoms with van der Waals surface area (Å²) >= 11 is 7.60. The van der Waals surface area contributed by atoms with Crippen molar-refractivity contribution in [1.29, 1.82) is 0 Å². The molecule has 2 aliphatic rings. The minimum absolute atomic E-state index is 0.0664. The Labute approximate surface area is 184 Å². The number of nitrogens with one attached hydrogen (secondary N) is 2. The van der Waals surface area contributed by atoms with Gasteiger partial charge in [0.05, 0.1) is 18.1 Å². The van der Waals surface area contributed by atoms with Gasteiger partial charge in [-0.2, -0.15) is 11.8 Å². The lowest BCUT2D eigenvalue weighted by molar-refractivity contribution is -0.124. The van der Waals surface area contributed by atoms with Crippen molar-refractivity contribution in [3.63, 3.8) is 0 Å². The summed E-state index contributed by atoms with van der Waals surface area (Å²) in [7, 11) is 1.67. The van der Waals surface area contributed by atoms with Crippen molar-refractivity contribution in [2.24, 2.45) is 11.8 Å². The number of carbonyl (C=O) groups excluding carboxylic acids is 1. The van der Waals surface area contributed by atoms with Crippen LogP contribution >= 0.6 is 24.0 Å². The number of hydrogen-bond acceptors (Lipinski definition) is 4. The molecule has 1 aliphatic carbocycles. The Kier molecular flexibility index (Phi) is 9.12. The van der Waals surface area contributed by atoms with E-state index in [0.29, 0.717) is 6.54 Å². The Bertz CT molecular complexity index is 653. The van der Waals surface area contributed by atoms with Gasteiger partial charge in [-0.25, -0.2) is 0 Å². The number of methoxy groups -OCH3 is 1. The molecule has 2 N–H and O–H groups in total. The Morgan fingerprint density at radius 1 is 1.21 bits per heavy atom. The lowest BCUT2D eigenvalue weighted by Gasteiger charge is -2.26. The smallest absolute Gasteiger partial charge is 0.224 e. The summed E-state index contributed by atoms with van der Waals surface area (Å²) < 4.78 is 5.22. The molecule has 29 heavy (non-hydrogen) atoms. The van der Waals surface area contributed by atoms with Gasteiger partial charge in [-0.15, -0.1) is 0 Å². The molecule has 1 aromatic rings. The quantitative estimate of drug-likeness (QED) is 0.551. The van der Waals surface area contributed by atoms with E-state index in [2.05, 4.69) is 10.6 Å².